The summed E-state index contributed by atoms with van der Waals surface area (Å²) in [7, 11) is 0. The highest BCUT2D eigenvalue weighted by Gasteiger charge is 2.40. The molecule has 1 heteroatoms. The summed E-state index contributed by atoms with van der Waals surface area (Å²) >= 11 is 0. The summed E-state index contributed by atoms with van der Waals surface area (Å²) in [5.74, 6) is 0.802. The Labute approximate surface area is 95.2 Å². The van der Waals surface area contributed by atoms with Crippen LogP contribution in [0.4, 0.5) is 0 Å². The van der Waals surface area contributed by atoms with Gasteiger partial charge < -0.3 is 0 Å². The summed E-state index contributed by atoms with van der Waals surface area (Å²) < 4.78 is 0. The fourth-order valence-corrected chi connectivity index (χ4v) is 3.26. The topological polar surface area (TPSA) is 3.24 Å². The molecule has 1 aliphatic carbocycles. The standard InChI is InChI=1S/C14H27N/c1-12(2)14(3)10-5-4-6-11-15(14)13-8-7-9-13/h12-13H,4-11H2,1-3H3. The lowest BCUT2D eigenvalue weighted by Crippen LogP contribution is -2.56. The molecule has 0 radical (unpaired) electrons. The van der Waals surface area contributed by atoms with Crippen molar-refractivity contribution in [3.8, 4) is 0 Å². The smallest absolute Gasteiger partial charge is 0.0207 e. The summed E-state index contributed by atoms with van der Waals surface area (Å²) in [5, 5.41) is 0. The third-order valence-corrected chi connectivity index (χ3v) is 5.00. The van der Waals surface area contributed by atoms with E-state index in [1.165, 1.54) is 51.5 Å². The van der Waals surface area contributed by atoms with Crippen molar-refractivity contribution in [3.63, 3.8) is 0 Å². The monoisotopic (exact) mass is 209 g/mol. The SMILES string of the molecule is CC(C)C1(C)CCCCCN1C1CCC1. The zero-order valence-electron chi connectivity index (χ0n) is 10.8. The third-order valence-electron chi connectivity index (χ3n) is 5.00. The highest BCUT2D eigenvalue weighted by Crippen LogP contribution is 2.39. The zero-order valence-corrected chi connectivity index (χ0v) is 10.8. The Morgan fingerprint density at radius 2 is 1.80 bits per heavy atom. The van der Waals surface area contributed by atoms with Crippen LogP contribution in [0.3, 0.4) is 0 Å². The fourth-order valence-electron chi connectivity index (χ4n) is 3.26. The van der Waals surface area contributed by atoms with Crippen molar-refractivity contribution in [1.29, 1.82) is 0 Å². The Bertz CT molecular complexity index is 207. The molecule has 1 saturated carbocycles. The Hall–Kier alpha value is -0.0400. The summed E-state index contributed by atoms with van der Waals surface area (Å²) in [4.78, 5) is 2.87. The maximum Gasteiger partial charge on any atom is 0.0207 e. The highest BCUT2D eigenvalue weighted by molar-refractivity contribution is 4.96. The molecule has 88 valence electrons. The van der Waals surface area contributed by atoms with E-state index in [1.807, 2.05) is 0 Å². The Morgan fingerprint density at radius 3 is 2.33 bits per heavy atom. The first-order valence-electron chi connectivity index (χ1n) is 6.91. The number of hydrogen-bond donors (Lipinski definition) is 0. The number of nitrogens with zero attached hydrogens (tertiary/aromatic N) is 1. The van der Waals surface area contributed by atoms with Crippen LogP contribution in [0.5, 0.6) is 0 Å². The highest BCUT2D eigenvalue weighted by atomic mass is 15.2. The molecule has 1 unspecified atom stereocenters. The van der Waals surface area contributed by atoms with Crippen molar-refractivity contribution < 1.29 is 0 Å². The van der Waals surface area contributed by atoms with Crippen LogP contribution >= 0.6 is 0 Å². The minimum Gasteiger partial charge on any atom is -0.295 e. The van der Waals surface area contributed by atoms with Crippen LogP contribution in [-0.4, -0.2) is 23.0 Å². The lowest BCUT2D eigenvalue weighted by molar-refractivity contribution is -0.00861. The molecule has 1 nitrogen and oxygen atoms in total. The Kier molecular flexibility index (Phi) is 3.39. The van der Waals surface area contributed by atoms with Gasteiger partial charge in [0.1, 0.15) is 0 Å². The molecule has 0 aromatic rings. The van der Waals surface area contributed by atoms with Gasteiger partial charge in [-0.05, 0) is 45.1 Å². The van der Waals surface area contributed by atoms with Gasteiger partial charge in [0.25, 0.3) is 0 Å². The average Bonchev–Trinajstić information content (AvgIpc) is 2.28. The molecule has 1 saturated heterocycles. The van der Waals surface area contributed by atoms with Crippen LogP contribution in [0.2, 0.25) is 0 Å². The van der Waals surface area contributed by atoms with E-state index in [4.69, 9.17) is 0 Å². The molecule has 2 rings (SSSR count). The third kappa shape index (κ3) is 2.08. The first-order valence-corrected chi connectivity index (χ1v) is 6.91. The van der Waals surface area contributed by atoms with Crippen LogP contribution in [-0.2, 0) is 0 Å². The van der Waals surface area contributed by atoms with Crippen molar-refractivity contribution in [2.45, 2.75) is 77.3 Å². The summed E-state index contributed by atoms with van der Waals surface area (Å²) in [5.41, 5.74) is 0.488. The first-order chi connectivity index (χ1) is 7.14. The molecule has 0 amide bonds. The molecule has 15 heavy (non-hydrogen) atoms. The van der Waals surface area contributed by atoms with Gasteiger partial charge >= 0.3 is 0 Å². The Morgan fingerprint density at radius 1 is 1.07 bits per heavy atom. The van der Waals surface area contributed by atoms with Crippen molar-refractivity contribution in [2.75, 3.05) is 6.54 Å². The molecular formula is C14H27N. The zero-order chi connectivity index (χ0) is 10.9. The minimum absolute atomic E-state index is 0.488. The van der Waals surface area contributed by atoms with Crippen molar-refractivity contribution in [2.24, 2.45) is 5.92 Å². The lowest BCUT2D eigenvalue weighted by Gasteiger charge is -2.50. The predicted octanol–water partition coefficient (Wildman–Crippen LogP) is 3.83. The number of rotatable bonds is 2. The fraction of sp³-hybridized carbons (Fsp3) is 1.00. The van der Waals surface area contributed by atoms with E-state index in [0.29, 0.717) is 5.54 Å². The molecule has 1 atom stereocenters. The molecule has 0 aromatic heterocycles. The van der Waals surface area contributed by atoms with Crippen molar-refractivity contribution >= 4 is 0 Å². The van der Waals surface area contributed by atoms with Gasteiger partial charge in [-0.3, -0.25) is 4.90 Å². The van der Waals surface area contributed by atoms with Gasteiger partial charge in [-0.15, -0.1) is 0 Å². The van der Waals surface area contributed by atoms with E-state index < -0.39 is 0 Å². The van der Waals surface area contributed by atoms with Crippen LogP contribution < -0.4 is 0 Å². The number of likely N-dealkylation sites (tertiary alicyclic amines) is 1. The summed E-state index contributed by atoms with van der Waals surface area (Å²) in [6, 6.07) is 0.926. The van der Waals surface area contributed by atoms with E-state index in [1.54, 1.807) is 0 Å². The van der Waals surface area contributed by atoms with E-state index in [0.717, 1.165) is 12.0 Å². The van der Waals surface area contributed by atoms with Crippen molar-refractivity contribution in [1.82, 2.24) is 4.90 Å². The second-order valence-corrected chi connectivity index (χ2v) is 6.10. The van der Waals surface area contributed by atoms with Crippen LogP contribution in [0.25, 0.3) is 0 Å². The molecule has 1 heterocycles. The quantitative estimate of drug-likeness (QED) is 0.668. The van der Waals surface area contributed by atoms with Gasteiger partial charge in [0, 0.05) is 11.6 Å². The maximum absolute atomic E-state index is 2.87. The van der Waals surface area contributed by atoms with E-state index >= 15 is 0 Å². The largest absolute Gasteiger partial charge is 0.295 e. The van der Waals surface area contributed by atoms with Crippen LogP contribution in [0.1, 0.15) is 65.7 Å². The molecule has 2 fully saturated rings. The van der Waals surface area contributed by atoms with Gasteiger partial charge in [-0.2, -0.15) is 0 Å². The second-order valence-electron chi connectivity index (χ2n) is 6.10. The van der Waals surface area contributed by atoms with Gasteiger partial charge in [0.2, 0.25) is 0 Å². The van der Waals surface area contributed by atoms with Gasteiger partial charge in [-0.1, -0.05) is 33.1 Å². The maximum atomic E-state index is 2.87. The van der Waals surface area contributed by atoms with E-state index in [-0.39, 0.29) is 0 Å². The van der Waals surface area contributed by atoms with Crippen molar-refractivity contribution in [3.05, 3.63) is 0 Å². The molecule has 1 aliphatic heterocycles. The minimum atomic E-state index is 0.488. The van der Waals surface area contributed by atoms with Gasteiger partial charge in [-0.25, -0.2) is 0 Å². The van der Waals surface area contributed by atoms with Gasteiger partial charge in [0.15, 0.2) is 0 Å². The summed E-state index contributed by atoms with van der Waals surface area (Å²) in [6.07, 6.45) is 10.1. The summed E-state index contributed by atoms with van der Waals surface area (Å²) in [6.45, 7) is 8.70. The number of hydrogen-bond acceptors (Lipinski definition) is 1. The lowest BCUT2D eigenvalue weighted by atomic mass is 9.79. The van der Waals surface area contributed by atoms with Gasteiger partial charge in [0.05, 0.1) is 0 Å². The second kappa shape index (κ2) is 4.45. The molecule has 0 aromatic carbocycles. The molecule has 0 spiro atoms. The van der Waals surface area contributed by atoms with E-state index in [9.17, 15) is 0 Å². The predicted molar refractivity (Wildman–Crippen MR) is 66.1 cm³/mol. The van der Waals surface area contributed by atoms with Crippen LogP contribution in [0, 0.1) is 5.92 Å². The molecule has 0 bridgehead atoms. The first kappa shape index (κ1) is 11.4. The molecular weight excluding hydrogens is 182 g/mol. The Balaban J connectivity index is 2.13. The molecule has 0 N–H and O–H groups in total. The van der Waals surface area contributed by atoms with Crippen LogP contribution in [0.15, 0.2) is 0 Å². The van der Waals surface area contributed by atoms with E-state index in [2.05, 4.69) is 25.7 Å². The normalized spacial score (nSPS) is 35.2. The average molecular weight is 209 g/mol. The molecule has 2 aliphatic rings.